The van der Waals surface area contributed by atoms with Gasteiger partial charge in [-0.05, 0) is 37.0 Å². The number of halogens is 2. The highest BCUT2D eigenvalue weighted by atomic mass is 79.9. The molecule has 2 aromatic rings. The smallest absolute Gasteiger partial charge is 0.125 e. The average molecular weight is 328 g/mol. The lowest BCUT2D eigenvalue weighted by Gasteiger charge is -2.07. The van der Waals surface area contributed by atoms with Crippen molar-refractivity contribution < 1.29 is 0 Å². The van der Waals surface area contributed by atoms with Crippen molar-refractivity contribution in [2.24, 2.45) is 5.92 Å². The topological polar surface area (TPSA) is 17.8 Å². The molecule has 0 aliphatic heterocycles. The van der Waals surface area contributed by atoms with Gasteiger partial charge in [-0.1, -0.05) is 29.3 Å². The molecule has 18 heavy (non-hydrogen) atoms. The molecule has 0 bridgehead atoms. The number of hydrogen-bond acceptors (Lipinski definition) is 1. The molecule has 0 radical (unpaired) electrons. The van der Waals surface area contributed by atoms with E-state index >= 15 is 0 Å². The summed E-state index contributed by atoms with van der Waals surface area (Å²) in [7, 11) is 0. The Balaban J connectivity index is 2.04. The zero-order valence-corrected chi connectivity index (χ0v) is 12.7. The molecule has 3 rings (SSSR count). The predicted octanol–water partition coefficient (Wildman–Crippen LogP) is 4.90. The maximum absolute atomic E-state index is 6.04. The van der Waals surface area contributed by atoms with Crippen LogP contribution < -0.4 is 0 Å². The Morgan fingerprint density at radius 2 is 2.33 bits per heavy atom. The van der Waals surface area contributed by atoms with Gasteiger partial charge in [0, 0.05) is 10.5 Å². The Morgan fingerprint density at radius 3 is 3.06 bits per heavy atom. The maximum atomic E-state index is 6.04. The van der Waals surface area contributed by atoms with Gasteiger partial charge in [0.2, 0.25) is 0 Å². The second-order valence-electron chi connectivity index (χ2n) is 5.02. The summed E-state index contributed by atoms with van der Waals surface area (Å²) in [6.07, 6.45) is 3.84. The average Bonchev–Trinajstić information content (AvgIpc) is 3.01. The van der Waals surface area contributed by atoms with Gasteiger partial charge in [0.05, 0.1) is 16.9 Å². The van der Waals surface area contributed by atoms with E-state index in [1.54, 1.807) is 0 Å². The maximum Gasteiger partial charge on any atom is 0.125 e. The second kappa shape index (κ2) is 4.86. The fraction of sp³-hybridized carbons (Fsp3) is 0.500. The van der Waals surface area contributed by atoms with Crippen LogP contribution in [0.4, 0.5) is 0 Å². The molecule has 1 fully saturated rings. The van der Waals surface area contributed by atoms with Crippen LogP contribution in [0, 0.1) is 5.92 Å². The largest absolute Gasteiger partial charge is 0.324 e. The van der Waals surface area contributed by atoms with Crippen LogP contribution in [0.25, 0.3) is 11.0 Å². The minimum absolute atomic E-state index is 0.488. The Labute approximate surface area is 120 Å². The third-order valence-electron chi connectivity index (χ3n) is 3.72. The van der Waals surface area contributed by atoms with Gasteiger partial charge in [-0.3, -0.25) is 0 Å². The van der Waals surface area contributed by atoms with Crippen molar-refractivity contribution in [1.29, 1.82) is 0 Å². The van der Waals surface area contributed by atoms with E-state index in [2.05, 4.69) is 50.6 Å². The molecule has 1 aromatic carbocycles. The molecule has 2 nitrogen and oxygen atoms in total. The van der Waals surface area contributed by atoms with E-state index < -0.39 is 0 Å². The van der Waals surface area contributed by atoms with Crippen molar-refractivity contribution in [2.45, 2.75) is 38.1 Å². The van der Waals surface area contributed by atoms with E-state index in [0.717, 1.165) is 21.7 Å². The van der Waals surface area contributed by atoms with Crippen LogP contribution >= 0.6 is 27.5 Å². The molecule has 1 aliphatic rings. The van der Waals surface area contributed by atoms with E-state index in [0.29, 0.717) is 11.9 Å². The molecule has 1 aliphatic carbocycles. The van der Waals surface area contributed by atoms with Crippen LogP contribution in [-0.4, -0.2) is 9.55 Å². The first-order valence-corrected chi connectivity index (χ1v) is 7.79. The zero-order chi connectivity index (χ0) is 12.7. The lowest BCUT2D eigenvalue weighted by Crippen LogP contribution is -2.01. The highest BCUT2D eigenvalue weighted by molar-refractivity contribution is 9.10. The molecular weight excluding hydrogens is 312 g/mol. The minimum atomic E-state index is 0.488. The van der Waals surface area contributed by atoms with E-state index in [1.807, 2.05) is 0 Å². The summed E-state index contributed by atoms with van der Waals surface area (Å²) in [4.78, 5) is 4.65. The normalized spacial score (nSPS) is 22.6. The molecule has 1 aromatic heterocycles. The minimum Gasteiger partial charge on any atom is -0.324 e. The summed E-state index contributed by atoms with van der Waals surface area (Å²) in [6, 6.07) is 6.91. The van der Waals surface area contributed by atoms with Crippen LogP contribution in [0.15, 0.2) is 22.7 Å². The number of fused-ring (bicyclic) bond motifs is 1. The Bertz CT molecular complexity index is 578. The SMILES string of the molecule is CCCC1CC1n1c(CCl)nc2cc(Br)ccc21. The number of benzene rings is 1. The first kappa shape index (κ1) is 12.5. The van der Waals surface area contributed by atoms with Gasteiger partial charge in [0.1, 0.15) is 5.82 Å². The molecule has 0 amide bonds. The van der Waals surface area contributed by atoms with E-state index in [-0.39, 0.29) is 0 Å². The quantitative estimate of drug-likeness (QED) is 0.730. The summed E-state index contributed by atoms with van der Waals surface area (Å²) in [5.74, 6) is 2.31. The van der Waals surface area contributed by atoms with Gasteiger partial charge in [0.25, 0.3) is 0 Å². The number of imidazole rings is 1. The molecule has 2 atom stereocenters. The second-order valence-corrected chi connectivity index (χ2v) is 6.20. The highest BCUT2D eigenvalue weighted by Gasteiger charge is 2.39. The molecule has 0 N–H and O–H groups in total. The van der Waals surface area contributed by atoms with Crippen molar-refractivity contribution in [3.05, 3.63) is 28.5 Å². The van der Waals surface area contributed by atoms with Gasteiger partial charge in [-0.2, -0.15) is 0 Å². The molecule has 1 heterocycles. The van der Waals surface area contributed by atoms with Gasteiger partial charge in [-0.25, -0.2) is 4.98 Å². The summed E-state index contributed by atoms with van der Waals surface area (Å²) >= 11 is 9.54. The standard InChI is InChI=1S/C14H16BrClN2/c1-2-3-9-6-13(9)18-12-5-4-10(15)7-11(12)17-14(18)8-16/h4-5,7,9,13H,2-3,6,8H2,1H3. The van der Waals surface area contributed by atoms with Crippen LogP contribution in [-0.2, 0) is 5.88 Å². The van der Waals surface area contributed by atoms with E-state index in [4.69, 9.17) is 11.6 Å². The van der Waals surface area contributed by atoms with Crippen LogP contribution in [0.3, 0.4) is 0 Å². The predicted molar refractivity (Wildman–Crippen MR) is 79.0 cm³/mol. The van der Waals surface area contributed by atoms with Gasteiger partial charge in [-0.15, -0.1) is 11.6 Å². The zero-order valence-electron chi connectivity index (χ0n) is 10.4. The fourth-order valence-electron chi connectivity index (χ4n) is 2.81. The van der Waals surface area contributed by atoms with Crippen LogP contribution in [0.5, 0.6) is 0 Å². The number of rotatable bonds is 4. The van der Waals surface area contributed by atoms with E-state index in [9.17, 15) is 0 Å². The molecule has 0 spiro atoms. The lowest BCUT2D eigenvalue weighted by molar-refractivity contribution is 0.606. The van der Waals surface area contributed by atoms with Crippen molar-refractivity contribution in [2.75, 3.05) is 0 Å². The van der Waals surface area contributed by atoms with Crippen LogP contribution in [0.2, 0.25) is 0 Å². The van der Waals surface area contributed by atoms with Gasteiger partial charge < -0.3 is 4.57 Å². The van der Waals surface area contributed by atoms with Crippen molar-refractivity contribution in [3.8, 4) is 0 Å². The Kier molecular flexibility index (Phi) is 3.37. The molecule has 0 saturated heterocycles. The first-order chi connectivity index (χ1) is 8.74. The van der Waals surface area contributed by atoms with Gasteiger partial charge >= 0.3 is 0 Å². The Hall–Kier alpha value is -0.540. The number of alkyl halides is 1. The monoisotopic (exact) mass is 326 g/mol. The lowest BCUT2D eigenvalue weighted by atomic mass is 10.2. The van der Waals surface area contributed by atoms with Gasteiger partial charge in [0.15, 0.2) is 0 Å². The van der Waals surface area contributed by atoms with Crippen molar-refractivity contribution in [3.63, 3.8) is 0 Å². The summed E-state index contributed by atoms with van der Waals surface area (Å²) in [5, 5.41) is 0. The fourth-order valence-corrected chi connectivity index (χ4v) is 3.35. The van der Waals surface area contributed by atoms with Crippen molar-refractivity contribution >= 4 is 38.6 Å². The summed E-state index contributed by atoms with van der Waals surface area (Å²) in [5.41, 5.74) is 2.26. The Morgan fingerprint density at radius 1 is 1.50 bits per heavy atom. The van der Waals surface area contributed by atoms with E-state index in [1.165, 1.54) is 24.8 Å². The molecule has 2 unspecified atom stereocenters. The number of aromatic nitrogens is 2. The van der Waals surface area contributed by atoms with Crippen molar-refractivity contribution in [1.82, 2.24) is 9.55 Å². The number of hydrogen-bond donors (Lipinski definition) is 0. The van der Waals surface area contributed by atoms with Crippen LogP contribution in [0.1, 0.15) is 38.1 Å². The molecule has 96 valence electrons. The number of nitrogens with zero attached hydrogens (tertiary/aromatic N) is 2. The molecular formula is C14H16BrClN2. The first-order valence-electron chi connectivity index (χ1n) is 6.47. The summed E-state index contributed by atoms with van der Waals surface area (Å²) in [6.45, 7) is 2.25. The molecule has 1 saturated carbocycles. The third kappa shape index (κ3) is 2.08. The molecule has 4 heteroatoms. The third-order valence-corrected chi connectivity index (χ3v) is 4.45. The summed E-state index contributed by atoms with van der Waals surface area (Å²) < 4.78 is 3.43. The highest BCUT2D eigenvalue weighted by Crippen LogP contribution is 2.48.